The van der Waals surface area contributed by atoms with E-state index in [4.69, 9.17) is 4.52 Å². The number of rotatable bonds is 3. The third-order valence-corrected chi connectivity index (χ3v) is 4.02. The molecule has 0 radical (unpaired) electrons. The first-order chi connectivity index (χ1) is 8.00. The first-order valence-electron chi connectivity index (χ1n) is 5.06. The highest BCUT2D eigenvalue weighted by molar-refractivity contribution is 7.90. The van der Waals surface area contributed by atoms with Gasteiger partial charge in [-0.1, -0.05) is 11.2 Å². The Bertz CT molecular complexity index is 598. The zero-order valence-electron chi connectivity index (χ0n) is 9.54. The van der Waals surface area contributed by atoms with E-state index < -0.39 is 9.84 Å². The highest BCUT2D eigenvalue weighted by atomic mass is 32.2. The quantitative estimate of drug-likeness (QED) is 0.830. The Labute approximate surface area is 99.4 Å². The van der Waals surface area contributed by atoms with Crippen LogP contribution in [-0.2, 0) is 15.6 Å². The number of hydrogen-bond donors (Lipinski definition) is 0. The van der Waals surface area contributed by atoms with Crippen LogP contribution in [0.15, 0.2) is 33.9 Å². The summed E-state index contributed by atoms with van der Waals surface area (Å²) in [6.07, 6.45) is 1.46. The lowest BCUT2D eigenvalue weighted by Gasteiger charge is -2.02. The molecule has 2 rings (SSSR count). The van der Waals surface area contributed by atoms with E-state index in [0.29, 0.717) is 17.0 Å². The molecule has 0 unspecified atom stereocenters. The summed E-state index contributed by atoms with van der Waals surface area (Å²) in [5, 5.41) is 3.80. The summed E-state index contributed by atoms with van der Waals surface area (Å²) in [5.74, 6) is 0.396. The predicted molar refractivity (Wildman–Crippen MR) is 61.1 cm³/mol. The van der Waals surface area contributed by atoms with Gasteiger partial charge in [-0.25, -0.2) is 13.4 Å². The van der Waals surface area contributed by atoms with Gasteiger partial charge in [0.05, 0.1) is 11.4 Å². The van der Waals surface area contributed by atoms with Crippen LogP contribution in [0.4, 0.5) is 0 Å². The molecule has 2 aromatic heterocycles. The molecule has 0 aliphatic carbocycles. The Hall–Kier alpha value is -1.69. The SMILES string of the molecule is Cc1noc(C)c1CS(=O)(=O)c1ccccn1. The average molecular weight is 252 g/mol. The summed E-state index contributed by atoms with van der Waals surface area (Å²) in [6.45, 7) is 3.42. The summed E-state index contributed by atoms with van der Waals surface area (Å²) < 4.78 is 29.1. The Morgan fingerprint density at radius 1 is 1.29 bits per heavy atom. The van der Waals surface area contributed by atoms with E-state index in [1.54, 1.807) is 26.0 Å². The van der Waals surface area contributed by atoms with E-state index in [9.17, 15) is 8.42 Å². The summed E-state index contributed by atoms with van der Waals surface area (Å²) in [5.41, 5.74) is 1.21. The topological polar surface area (TPSA) is 73.1 Å². The van der Waals surface area contributed by atoms with E-state index in [-0.39, 0.29) is 10.8 Å². The lowest BCUT2D eigenvalue weighted by Crippen LogP contribution is -2.07. The lowest BCUT2D eigenvalue weighted by molar-refractivity contribution is 0.392. The largest absolute Gasteiger partial charge is 0.361 e. The zero-order chi connectivity index (χ0) is 12.5. The Morgan fingerprint density at radius 3 is 2.59 bits per heavy atom. The summed E-state index contributed by atoms with van der Waals surface area (Å²) in [7, 11) is -3.44. The van der Waals surface area contributed by atoms with Gasteiger partial charge >= 0.3 is 0 Å². The number of nitrogens with zero attached hydrogens (tertiary/aromatic N) is 2. The highest BCUT2D eigenvalue weighted by Gasteiger charge is 2.21. The van der Waals surface area contributed by atoms with Gasteiger partial charge in [0.2, 0.25) is 0 Å². The van der Waals surface area contributed by atoms with Gasteiger partial charge in [0, 0.05) is 11.8 Å². The van der Waals surface area contributed by atoms with Crippen molar-refractivity contribution in [2.24, 2.45) is 0 Å². The van der Waals surface area contributed by atoms with Crippen LogP contribution in [-0.4, -0.2) is 18.6 Å². The van der Waals surface area contributed by atoms with Gasteiger partial charge in [-0.15, -0.1) is 0 Å². The van der Waals surface area contributed by atoms with Crippen LogP contribution in [0, 0.1) is 13.8 Å². The minimum atomic E-state index is -3.44. The van der Waals surface area contributed by atoms with Crippen molar-refractivity contribution < 1.29 is 12.9 Å². The van der Waals surface area contributed by atoms with Crippen molar-refractivity contribution in [3.05, 3.63) is 41.4 Å². The minimum absolute atomic E-state index is 0.0694. The van der Waals surface area contributed by atoms with Gasteiger partial charge in [-0.2, -0.15) is 0 Å². The van der Waals surface area contributed by atoms with Crippen LogP contribution in [0.3, 0.4) is 0 Å². The van der Waals surface area contributed by atoms with Crippen LogP contribution in [0.5, 0.6) is 0 Å². The summed E-state index contributed by atoms with van der Waals surface area (Å²) in [4.78, 5) is 3.85. The molecule has 2 heterocycles. The van der Waals surface area contributed by atoms with Crippen molar-refractivity contribution in [3.63, 3.8) is 0 Å². The van der Waals surface area contributed by atoms with E-state index in [1.807, 2.05) is 0 Å². The van der Waals surface area contributed by atoms with E-state index in [0.717, 1.165) is 0 Å². The average Bonchev–Trinajstić information content (AvgIpc) is 2.62. The zero-order valence-corrected chi connectivity index (χ0v) is 10.4. The normalized spacial score (nSPS) is 11.6. The fourth-order valence-corrected chi connectivity index (χ4v) is 2.95. The highest BCUT2D eigenvalue weighted by Crippen LogP contribution is 2.19. The van der Waals surface area contributed by atoms with Crippen molar-refractivity contribution >= 4 is 9.84 Å². The molecule has 90 valence electrons. The smallest absolute Gasteiger partial charge is 0.199 e. The van der Waals surface area contributed by atoms with Crippen LogP contribution < -0.4 is 0 Å². The molecule has 0 amide bonds. The van der Waals surface area contributed by atoms with Crippen LogP contribution in [0.1, 0.15) is 17.0 Å². The molecule has 0 saturated heterocycles. The van der Waals surface area contributed by atoms with E-state index >= 15 is 0 Å². The number of pyridine rings is 1. The predicted octanol–water partition coefficient (Wildman–Crippen LogP) is 1.66. The fourth-order valence-electron chi connectivity index (χ4n) is 1.50. The molecular weight excluding hydrogens is 240 g/mol. The molecule has 5 nitrogen and oxygen atoms in total. The molecule has 0 fully saturated rings. The number of aromatic nitrogens is 2. The van der Waals surface area contributed by atoms with Crippen molar-refractivity contribution in [1.82, 2.24) is 10.1 Å². The van der Waals surface area contributed by atoms with Crippen molar-refractivity contribution in [2.75, 3.05) is 0 Å². The van der Waals surface area contributed by atoms with E-state index in [1.165, 1.54) is 12.3 Å². The monoisotopic (exact) mass is 252 g/mol. The summed E-state index contributed by atoms with van der Waals surface area (Å²) in [6, 6.07) is 4.80. The molecular formula is C11H12N2O3S. The van der Waals surface area contributed by atoms with Crippen molar-refractivity contribution in [2.45, 2.75) is 24.6 Å². The van der Waals surface area contributed by atoms with Crippen LogP contribution in [0.2, 0.25) is 0 Å². The third-order valence-electron chi connectivity index (χ3n) is 2.47. The standard InChI is InChI=1S/C11H12N2O3S/c1-8-10(9(2)16-13-8)7-17(14,15)11-5-3-4-6-12-11/h3-6H,7H2,1-2H3. The van der Waals surface area contributed by atoms with Gasteiger partial charge in [0.15, 0.2) is 14.9 Å². The molecule has 0 N–H and O–H groups in total. The molecule has 0 bridgehead atoms. The number of hydrogen-bond acceptors (Lipinski definition) is 5. The van der Waals surface area contributed by atoms with Gasteiger partial charge in [-0.05, 0) is 26.0 Å². The maximum absolute atomic E-state index is 12.1. The third kappa shape index (κ3) is 2.36. The van der Waals surface area contributed by atoms with Crippen LogP contribution in [0.25, 0.3) is 0 Å². The van der Waals surface area contributed by atoms with Crippen LogP contribution >= 0.6 is 0 Å². The molecule has 0 spiro atoms. The molecule has 0 aromatic carbocycles. The maximum atomic E-state index is 12.1. The van der Waals surface area contributed by atoms with Crippen molar-refractivity contribution in [1.29, 1.82) is 0 Å². The first kappa shape index (κ1) is 11.8. The first-order valence-corrected chi connectivity index (χ1v) is 6.71. The Balaban J connectivity index is 2.37. The number of sulfone groups is 1. The van der Waals surface area contributed by atoms with Gasteiger partial charge in [-0.3, -0.25) is 0 Å². The molecule has 17 heavy (non-hydrogen) atoms. The van der Waals surface area contributed by atoms with Gasteiger partial charge in [0.25, 0.3) is 0 Å². The molecule has 2 aromatic rings. The fraction of sp³-hybridized carbons (Fsp3) is 0.273. The van der Waals surface area contributed by atoms with E-state index in [2.05, 4.69) is 10.1 Å². The Morgan fingerprint density at radius 2 is 2.06 bits per heavy atom. The second-order valence-electron chi connectivity index (χ2n) is 3.73. The summed E-state index contributed by atoms with van der Waals surface area (Å²) >= 11 is 0. The maximum Gasteiger partial charge on any atom is 0.199 e. The Kier molecular flexibility index (Phi) is 2.97. The minimum Gasteiger partial charge on any atom is -0.361 e. The molecule has 6 heteroatoms. The van der Waals surface area contributed by atoms with Gasteiger partial charge < -0.3 is 4.52 Å². The molecule has 0 aliphatic heterocycles. The van der Waals surface area contributed by atoms with Gasteiger partial charge in [0.1, 0.15) is 5.76 Å². The lowest BCUT2D eigenvalue weighted by atomic mass is 10.2. The second kappa shape index (κ2) is 4.29. The number of aryl methyl sites for hydroxylation is 2. The molecule has 0 atom stereocenters. The second-order valence-corrected chi connectivity index (χ2v) is 5.67. The molecule has 0 aliphatic rings. The van der Waals surface area contributed by atoms with Crippen molar-refractivity contribution in [3.8, 4) is 0 Å². The molecule has 0 saturated carbocycles.